The van der Waals surface area contributed by atoms with Gasteiger partial charge in [-0.3, -0.25) is 4.90 Å². The Balaban J connectivity index is 1.33. The van der Waals surface area contributed by atoms with Gasteiger partial charge in [-0.25, -0.2) is 0 Å². The number of fused-ring (bicyclic) bond motifs is 1. The van der Waals surface area contributed by atoms with Crippen LogP contribution in [0.4, 0.5) is 0 Å². The number of nitrogens with zero attached hydrogens (tertiary/aromatic N) is 8. The normalized spacial score (nSPS) is 20.6. The topological polar surface area (TPSA) is 77.6 Å². The van der Waals surface area contributed by atoms with E-state index in [1.807, 2.05) is 35.0 Å². The smallest absolute Gasteiger partial charge is 0.170 e. The Bertz CT molecular complexity index is 915. The van der Waals surface area contributed by atoms with Crippen molar-refractivity contribution in [1.29, 1.82) is 0 Å². The molecule has 0 spiro atoms. The van der Waals surface area contributed by atoms with E-state index in [1.54, 1.807) is 0 Å². The first-order valence-corrected chi connectivity index (χ1v) is 10.4. The molecule has 28 heavy (non-hydrogen) atoms. The van der Waals surface area contributed by atoms with Crippen molar-refractivity contribution in [1.82, 2.24) is 39.9 Å². The highest BCUT2D eigenvalue weighted by Gasteiger charge is 2.28. The largest absolute Gasteiger partial charge is 0.315 e. The van der Waals surface area contributed by atoms with Crippen LogP contribution in [-0.2, 0) is 19.5 Å². The molecule has 8 heteroatoms. The first-order chi connectivity index (χ1) is 13.9. The van der Waals surface area contributed by atoms with Crippen LogP contribution in [0, 0.1) is 0 Å². The Morgan fingerprint density at radius 1 is 0.929 bits per heavy atom. The molecule has 3 aromatic rings. The van der Waals surface area contributed by atoms with E-state index in [0.29, 0.717) is 5.92 Å². The van der Waals surface area contributed by atoms with E-state index in [2.05, 4.69) is 35.2 Å². The summed E-state index contributed by atoms with van der Waals surface area (Å²) in [5.74, 6) is 3.68. The Labute approximate surface area is 164 Å². The fourth-order valence-corrected chi connectivity index (χ4v) is 4.49. The third-order valence-corrected chi connectivity index (χ3v) is 5.91. The Kier molecular flexibility index (Phi) is 4.86. The SMILES string of the molecule is c1ccc(-n2nnnc2CN2CCCC(c3nnc4n3CCCCC4)C2)cc1. The average molecular weight is 378 g/mol. The van der Waals surface area contributed by atoms with Gasteiger partial charge in [0.25, 0.3) is 0 Å². The number of aryl methyl sites for hydroxylation is 1. The fourth-order valence-electron chi connectivity index (χ4n) is 4.49. The zero-order valence-electron chi connectivity index (χ0n) is 16.1. The lowest BCUT2D eigenvalue weighted by atomic mass is 9.97. The van der Waals surface area contributed by atoms with Crippen LogP contribution in [0.1, 0.15) is 55.5 Å². The zero-order chi connectivity index (χ0) is 18.8. The lowest BCUT2D eigenvalue weighted by molar-refractivity contribution is 0.189. The summed E-state index contributed by atoms with van der Waals surface area (Å²) in [6, 6.07) is 10.1. The molecule has 0 bridgehead atoms. The third kappa shape index (κ3) is 3.44. The first-order valence-electron chi connectivity index (χ1n) is 10.4. The Morgan fingerprint density at radius 2 is 1.86 bits per heavy atom. The fraction of sp³-hybridized carbons (Fsp3) is 0.550. The highest BCUT2D eigenvalue weighted by molar-refractivity contribution is 5.30. The van der Waals surface area contributed by atoms with E-state index >= 15 is 0 Å². The zero-order valence-corrected chi connectivity index (χ0v) is 16.1. The molecule has 0 aliphatic carbocycles. The van der Waals surface area contributed by atoms with Crippen LogP contribution in [0.25, 0.3) is 5.69 Å². The molecule has 1 unspecified atom stereocenters. The number of aromatic nitrogens is 7. The van der Waals surface area contributed by atoms with Gasteiger partial charge in [0.2, 0.25) is 0 Å². The van der Waals surface area contributed by atoms with Crippen molar-refractivity contribution in [2.45, 2.75) is 57.5 Å². The van der Waals surface area contributed by atoms with Gasteiger partial charge in [0.1, 0.15) is 11.6 Å². The number of rotatable bonds is 4. The molecule has 0 saturated carbocycles. The predicted octanol–water partition coefficient (Wildman–Crippen LogP) is 2.36. The second-order valence-electron chi connectivity index (χ2n) is 7.85. The van der Waals surface area contributed by atoms with Crippen molar-refractivity contribution >= 4 is 0 Å². The van der Waals surface area contributed by atoms with Crippen molar-refractivity contribution < 1.29 is 0 Å². The van der Waals surface area contributed by atoms with Gasteiger partial charge in [0.15, 0.2) is 5.82 Å². The Hall–Kier alpha value is -2.61. The van der Waals surface area contributed by atoms with Crippen molar-refractivity contribution in [3.05, 3.63) is 47.8 Å². The number of hydrogen-bond donors (Lipinski definition) is 0. The molecule has 4 heterocycles. The summed E-state index contributed by atoms with van der Waals surface area (Å²) in [5, 5.41) is 21.5. The molecule has 1 fully saturated rings. The molecule has 1 atom stereocenters. The molecule has 146 valence electrons. The van der Waals surface area contributed by atoms with E-state index in [0.717, 1.165) is 44.1 Å². The molecule has 5 rings (SSSR count). The standard InChI is InChI=1S/C20H26N8/c1-3-9-17(10-4-1)28-19(22-24-25-28)15-26-12-7-8-16(14-26)20-23-21-18-11-5-2-6-13-27(18)20/h1,3-4,9-10,16H,2,5-8,11-15H2. The maximum atomic E-state index is 4.60. The number of tetrazole rings is 1. The van der Waals surface area contributed by atoms with Gasteiger partial charge in [-0.15, -0.1) is 15.3 Å². The van der Waals surface area contributed by atoms with E-state index < -0.39 is 0 Å². The highest BCUT2D eigenvalue weighted by Crippen LogP contribution is 2.28. The number of hydrogen-bond acceptors (Lipinski definition) is 6. The van der Waals surface area contributed by atoms with Crippen molar-refractivity contribution in [3.8, 4) is 5.69 Å². The molecule has 1 aromatic carbocycles. The van der Waals surface area contributed by atoms with Gasteiger partial charge in [0.05, 0.1) is 12.2 Å². The Morgan fingerprint density at radius 3 is 2.79 bits per heavy atom. The van der Waals surface area contributed by atoms with E-state index in [4.69, 9.17) is 0 Å². The summed E-state index contributed by atoms with van der Waals surface area (Å²) in [7, 11) is 0. The maximum absolute atomic E-state index is 4.60. The summed E-state index contributed by atoms with van der Waals surface area (Å²) < 4.78 is 4.24. The quantitative estimate of drug-likeness (QED) is 0.694. The molecule has 8 nitrogen and oxygen atoms in total. The van der Waals surface area contributed by atoms with Crippen LogP contribution in [0.5, 0.6) is 0 Å². The lowest BCUT2D eigenvalue weighted by Crippen LogP contribution is -2.35. The number of para-hydroxylation sites is 1. The lowest BCUT2D eigenvalue weighted by Gasteiger charge is -2.32. The molecular formula is C20H26N8. The minimum Gasteiger partial charge on any atom is -0.315 e. The van der Waals surface area contributed by atoms with Crippen LogP contribution in [0.15, 0.2) is 30.3 Å². The van der Waals surface area contributed by atoms with Crippen LogP contribution in [-0.4, -0.2) is 53.0 Å². The van der Waals surface area contributed by atoms with Gasteiger partial charge in [-0.2, -0.15) is 4.68 Å². The minimum absolute atomic E-state index is 0.439. The number of piperidine rings is 1. The second kappa shape index (κ2) is 7.79. The van der Waals surface area contributed by atoms with Gasteiger partial charge in [-0.05, 0) is 54.8 Å². The first kappa shape index (κ1) is 17.5. The minimum atomic E-state index is 0.439. The maximum Gasteiger partial charge on any atom is 0.170 e. The van der Waals surface area contributed by atoms with Gasteiger partial charge in [0, 0.05) is 25.4 Å². The van der Waals surface area contributed by atoms with Crippen LogP contribution < -0.4 is 0 Å². The molecule has 0 radical (unpaired) electrons. The summed E-state index contributed by atoms with van der Waals surface area (Å²) in [5.41, 5.74) is 0.999. The summed E-state index contributed by atoms with van der Waals surface area (Å²) >= 11 is 0. The van der Waals surface area contributed by atoms with Gasteiger partial charge in [-0.1, -0.05) is 24.6 Å². The van der Waals surface area contributed by atoms with E-state index in [1.165, 1.54) is 43.8 Å². The van der Waals surface area contributed by atoms with Gasteiger partial charge >= 0.3 is 0 Å². The van der Waals surface area contributed by atoms with Crippen molar-refractivity contribution in [2.24, 2.45) is 0 Å². The van der Waals surface area contributed by atoms with Crippen molar-refractivity contribution in [2.75, 3.05) is 13.1 Å². The number of likely N-dealkylation sites (tertiary alicyclic amines) is 1. The predicted molar refractivity (Wildman–Crippen MR) is 104 cm³/mol. The molecule has 0 amide bonds. The molecule has 2 aliphatic rings. The van der Waals surface area contributed by atoms with Crippen LogP contribution in [0.2, 0.25) is 0 Å². The summed E-state index contributed by atoms with van der Waals surface area (Å²) in [6.45, 7) is 3.87. The molecular weight excluding hydrogens is 352 g/mol. The monoisotopic (exact) mass is 378 g/mol. The molecule has 2 aliphatic heterocycles. The van der Waals surface area contributed by atoms with Gasteiger partial charge < -0.3 is 4.57 Å². The summed E-state index contributed by atoms with van der Waals surface area (Å²) in [4.78, 5) is 2.46. The molecule has 1 saturated heterocycles. The van der Waals surface area contributed by atoms with E-state index in [-0.39, 0.29) is 0 Å². The second-order valence-corrected chi connectivity index (χ2v) is 7.85. The van der Waals surface area contributed by atoms with E-state index in [9.17, 15) is 0 Å². The number of benzene rings is 1. The third-order valence-electron chi connectivity index (χ3n) is 5.91. The summed E-state index contributed by atoms with van der Waals surface area (Å²) in [6.07, 6.45) is 7.17. The molecule has 0 N–H and O–H groups in total. The highest BCUT2D eigenvalue weighted by atomic mass is 15.5. The van der Waals surface area contributed by atoms with Crippen LogP contribution >= 0.6 is 0 Å². The van der Waals surface area contributed by atoms with Crippen LogP contribution in [0.3, 0.4) is 0 Å². The van der Waals surface area contributed by atoms with Crippen molar-refractivity contribution in [3.63, 3.8) is 0 Å². The molecule has 2 aromatic heterocycles. The average Bonchev–Trinajstić information content (AvgIpc) is 3.29.